The Balaban J connectivity index is 1.27. The third-order valence-corrected chi connectivity index (χ3v) is 11.4. The standard InChI is InChI=1S/C36H48FNO6S/c1-36(2,3)44-32(40)20-27(21-37)23-10-12-25(13-11-23)34(41)38-16-15-28(24-7-5-4-6-8-24)33(38)29(39)18-22-9-14-30-26(17-22)19-31(45-30)35(42)43/h9,14,17,19,23-25,27-28,33H,4-8,10-13,15-16,18,20-21H2,1-3H3,(H,42,43)/t23?,25?,27-,28+,33+/m1/s1. The number of likely N-dealkylation sites (tertiary alicyclic amines) is 1. The number of thiophene rings is 1. The van der Waals surface area contributed by atoms with Gasteiger partial charge in [-0.15, -0.1) is 11.3 Å². The van der Waals surface area contributed by atoms with Gasteiger partial charge in [0.2, 0.25) is 5.91 Å². The van der Waals surface area contributed by atoms with Crippen molar-refractivity contribution in [1.82, 2.24) is 4.90 Å². The molecule has 0 spiro atoms. The third kappa shape index (κ3) is 8.13. The second-order valence-corrected chi connectivity index (χ2v) is 15.7. The van der Waals surface area contributed by atoms with Gasteiger partial charge in [0.05, 0.1) is 19.1 Å². The summed E-state index contributed by atoms with van der Waals surface area (Å²) in [5, 5.41) is 10.2. The highest BCUT2D eigenvalue weighted by atomic mass is 32.1. The van der Waals surface area contributed by atoms with E-state index in [1.54, 1.807) is 26.8 Å². The summed E-state index contributed by atoms with van der Waals surface area (Å²) in [5.41, 5.74) is 0.230. The highest BCUT2D eigenvalue weighted by molar-refractivity contribution is 7.20. The van der Waals surface area contributed by atoms with Crippen LogP contribution in [0.1, 0.15) is 107 Å². The van der Waals surface area contributed by atoms with Crippen LogP contribution in [0.5, 0.6) is 0 Å². The number of esters is 1. The van der Waals surface area contributed by atoms with Crippen LogP contribution in [0.15, 0.2) is 24.3 Å². The number of carbonyl (C=O) groups is 4. The summed E-state index contributed by atoms with van der Waals surface area (Å²) >= 11 is 1.22. The summed E-state index contributed by atoms with van der Waals surface area (Å²) in [5.74, 6) is -1.19. The normalized spacial score (nSPS) is 25.3. The molecule has 45 heavy (non-hydrogen) atoms. The van der Waals surface area contributed by atoms with E-state index in [4.69, 9.17) is 4.74 Å². The topological polar surface area (TPSA) is 101 Å². The number of ether oxygens (including phenoxy) is 1. The predicted octanol–water partition coefficient (Wildman–Crippen LogP) is 7.63. The first-order chi connectivity index (χ1) is 21.4. The molecule has 1 amide bonds. The second kappa shape index (κ2) is 14.3. The number of fused-ring (bicyclic) bond motifs is 1. The summed E-state index contributed by atoms with van der Waals surface area (Å²) in [6.07, 6.45) is 9.51. The monoisotopic (exact) mass is 641 g/mol. The highest BCUT2D eigenvalue weighted by Crippen LogP contribution is 2.42. The second-order valence-electron chi connectivity index (χ2n) is 14.6. The molecule has 0 radical (unpaired) electrons. The van der Waals surface area contributed by atoms with E-state index < -0.39 is 30.2 Å². The van der Waals surface area contributed by atoms with Crippen LogP contribution in [0, 0.1) is 29.6 Å². The van der Waals surface area contributed by atoms with Gasteiger partial charge in [-0.05, 0) is 99.8 Å². The van der Waals surface area contributed by atoms with Crippen molar-refractivity contribution in [3.8, 4) is 0 Å². The minimum atomic E-state index is -0.957. The van der Waals surface area contributed by atoms with Gasteiger partial charge >= 0.3 is 11.9 Å². The highest BCUT2D eigenvalue weighted by Gasteiger charge is 2.46. The molecule has 2 saturated carbocycles. The molecule has 5 rings (SSSR count). The maximum Gasteiger partial charge on any atom is 0.345 e. The summed E-state index contributed by atoms with van der Waals surface area (Å²) in [4.78, 5) is 54.2. The number of amides is 1. The Bertz CT molecular complexity index is 1380. The first-order valence-electron chi connectivity index (χ1n) is 16.8. The SMILES string of the molecule is CC(C)(C)OC(=O)C[C@H](CF)C1CCC(C(=O)N2CC[C@@H](C3CCCCC3)[C@H]2C(=O)Cc2ccc3sc(C(=O)O)cc3c2)CC1. The molecule has 2 aromatic rings. The molecule has 2 heterocycles. The van der Waals surface area contributed by atoms with Crippen molar-refractivity contribution in [2.45, 2.75) is 109 Å². The van der Waals surface area contributed by atoms with Gasteiger partial charge in [0.15, 0.2) is 5.78 Å². The molecule has 1 aromatic heterocycles. The van der Waals surface area contributed by atoms with Crippen molar-refractivity contribution >= 4 is 45.1 Å². The van der Waals surface area contributed by atoms with E-state index in [1.165, 1.54) is 30.6 Å². The van der Waals surface area contributed by atoms with Gasteiger partial charge < -0.3 is 14.7 Å². The molecular formula is C36H48FNO6S. The Kier molecular flexibility index (Phi) is 10.7. The molecule has 1 aliphatic heterocycles. The number of carboxylic acids is 1. The zero-order chi connectivity index (χ0) is 32.3. The molecular weight excluding hydrogens is 593 g/mol. The quantitative estimate of drug-likeness (QED) is 0.268. The lowest BCUT2D eigenvalue weighted by molar-refractivity contribution is -0.157. The zero-order valence-corrected chi connectivity index (χ0v) is 27.7. The summed E-state index contributed by atoms with van der Waals surface area (Å²) in [6.45, 7) is 5.43. The fourth-order valence-electron chi connectivity index (χ4n) is 8.16. The first kappa shape index (κ1) is 33.6. The van der Waals surface area contributed by atoms with Crippen molar-refractivity contribution in [1.29, 1.82) is 0 Å². The Hall–Kier alpha value is -2.81. The van der Waals surface area contributed by atoms with Gasteiger partial charge in [-0.2, -0.15) is 0 Å². The Morgan fingerprint density at radius 2 is 1.71 bits per heavy atom. The van der Waals surface area contributed by atoms with Crippen LogP contribution in [-0.4, -0.2) is 58.5 Å². The van der Waals surface area contributed by atoms with E-state index in [0.717, 1.165) is 34.9 Å². The van der Waals surface area contributed by atoms with Crippen LogP contribution in [-0.2, 0) is 25.5 Å². The lowest BCUT2D eigenvalue weighted by Gasteiger charge is -2.37. The minimum Gasteiger partial charge on any atom is -0.477 e. The molecule has 0 unspecified atom stereocenters. The minimum absolute atomic E-state index is 0.0335. The molecule has 1 aromatic carbocycles. The van der Waals surface area contributed by atoms with Gasteiger partial charge in [-0.1, -0.05) is 38.2 Å². The van der Waals surface area contributed by atoms with Crippen molar-refractivity contribution in [2.24, 2.45) is 29.6 Å². The molecule has 2 aliphatic carbocycles. The third-order valence-electron chi connectivity index (χ3n) is 10.3. The zero-order valence-electron chi connectivity index (χ0n) is 26.9. The average molecular weight is 642 g/mol. The molecule has 3 atom stereocenters. The molecule has 7 nitrogen and oxygen atoms in total. The Morgan fingerprint density at radius 3 is 2.36 bits per heavy atom. The number of aromatic carboxylic acids is 1. The number of carbonyl (C=O) groups excluding carboxylic acids is 3. The molecule has 246 valence electrons. The summed E-state index contributed by atoms with van der Waals surface area (Å²) in [6, 6.07) is 6.91. The summed E-state index contributed by atoms with van der Waals surface area (Å²) < 4.78 is 20.4. The number of Topliss-reactive ketones (excluding diaryl/α,β-unsaturated/α-hetero) is 1. The summed E-state index contributed by atoms with van der Waals surface area (Å²) in [7, 11) is 0. The maximum absolute atomic E-state index is 14.1. The van der Waals surface area contributed by atoms with E-state index in [1.807, 2.05) is 23.1 Å². The van der Waals surface area contributed by atoms with Gasteiger partial charge in [0.25, 0.3) is 0 Å². The predicted molar refractivity (Wildman–Crippen MR) is 173 cm³/mol. The van der Waals surface area contributed by atoms with E-state index >= 15 is 0 Å². The van der Waals surface area contributed by atoms with Crippen LogP contribution in [0.4, 0.5) is 4.39 Å². The fourth-order valence-corrected chi connectivity index (χ4v) is 9.04. The lowest BCUT2D eigenvalue weighted by Crippen LogP contribution is -2.48. The van der Waals surface area contributed by atoms with Crippen LogP contribution in [0.2, 0.25) is 0 Å². The first-order valence-corrected chi connectivity index (χ1v) is 17.6. The number of rotatable bonds is 10. The molecule has 3 fully saturated rings. The average Bonchev–Trinajstić information content (AvgIpc) is 3.64. The van der Waals surface area contributed by atoms with E-state index in [-0.39, 0.29) is 53.1 Å². The number of alkyl halides is 1. The number of ketones is 1. The van der Waals surface area contributed by atoms with Crippen molar-refractivity contribution < 1.29 is 33.4 Å². The molecule has 3 aliphatic rings. The number of carboxylic acid groups (broad SMARTS) is 1. The van der Waals surface area contributed by atoms with Crippen LogP contribution in [0.3, 0.4) is 0 Å². The smallest absolute Gasteiger partial charge is 0.345 e. The molecule has 9 heteroatoms. The molecule has 0 bridgehead atoms. The van der Waals surface area contributed by atoms with Crippen LogP contribution < -0.4 is 0 Å². The Morgan fingerprint density at radius 1 is 1.00 bits per heavy atom. The lowest BCUT2D eigenvalue weighted by atomic mass is 9.74. The van der Waals surface area contributed by atoms with Crippen molar-refractivity contribution in [3.63, 3.8) is 0 Å². The van der Waals surface area contributed by atoms with Crippen LogP contribution >= 0.6 is 11.3 Å². The van der Waals surface area contributed by atoms with E-state index in [0.29, 0.717) is 38.1 Å². The number of halogens is 1. The number of benzene rings is 1. The maximum atomic E-state index is 14.1. The number of hydrogen-bond acceptors (Lipinski definition) is 6. The van der Waals surface area contributed by atoms with Crippen LogP contribution in [0.25, 0.3) is 10.1 Å². The fraction of sp³-hybridized carbons (Fsp3) is 0.667. The molecule has 1 saturated heterocycles. The van der Waals surface area contributed by atoms with E-state index in [9.17, 15) is 28.7 Å². The van der Waals surface area contributed by atoms with Gasteiger partial charge in [0.1, 0.15) is 10.5 Å². The van der Waals surface area contributed by atoms with Crippen molar-refractivity contribution in [3.05, 3.63) is 34.7 Å². The largest absolute Gasteiger partial charge is 0.477 e. The van der Waals surface area contributed by atoms with Gasteiger partial charge in [0, 0.05) is 29.5 Å². The van der Waals surface area contributed by atoms with E-state index in [2.05, 4.69) is 0 Å². The van der Waals surface area contributed by atoms with Gasteiger partial charge in [-0.25, -0.2) is 4.79 Å². The number of hydrogen-bond donors (Lipinski definition) is 1. The van der Waals surface area contributed by atoms with Crippen molar-refractivity contribution in [2.75, 3.05) is 13.2 Å². The number of nitrogens with zero attached hydrogens (tertiary/aromatic N) is 1. The van der Waals surface area contributed by atoms with Gasteiger partial charge in [-0.3, -0.25) is 18.8 Å². The molecule has 1 N–H and O–H groups in total. The Labute approximate surface area is 269 Å².